The topological polar surface area (TPSA) is 0 Å². The van der Waals surface area contributed by atoms with Gasteiger partial charge < -0.3 is 0 Å². The van der Waals surface area contributed by atoms with E-state index in [1.54, 1.807) is 0 Å². The molecule has 0 radical (unpaired) electrons. The lowest BCUT2D eigenvalue weighted by Gasteiger charge is -2.38. The lowest BCUT2D eigenvalue weighted by molar-refractivity contribution is -0.288. The van der Waals surface area contributed by atoms with Gasteiger partial charge in [0.2, 0.25) is 5.41 Å². The molecule has 6 heteroatoms. The Balaban J connectivity index is 0.000000185. The van der Waals surface area contributed by atoms with Crippen LogP contribution < -0.4 is 0 Å². The van der Waals surface area contributed by atoms with Gasteiger partial charge in [-0.2, -0.15) is 26.3 Å². The molecule has 316 valence electrons. The quantitative estimate of drug-likeness (QED) is 0.152. The SMILES string of the molecule is C.C.Cc1ccc(C2(c3ccc(C)cc3)c3ccccc3-c3ccccc32)cc1.FC(F)(F)C(c1ccccc1)(c1ccccc1)C(F)(F)F.c1ccc(-c2ccccc2)cc1. The van der Waals surface area contributed by atoms with Crippen molar-refractivity contribution >= 4 is 0 Å². The highest BCUT2D eigenvalue weighted by atomic mass is 19.4. The minimum Gasteiger partial charge on any atom is -0.169 e. The molecule has 62 heavy (non-hydrogen) atoms. The molecule has 8 aromatic carbocycles. The Hall–Kier alpha value is -6.66. The predicted molar refractivity (Wildman–Crippen MR) is 244 cm³/mol. The van der Waals surface area contributed by atoms with Gasteiger partial charge in [0, 0.05) is 0 Å². The van der Waals surface area contributed by atoms with Crippen LogP contribution in [0.4, 0.5) is 26.3 Å². The number of halogens is 6. The third-order valence-electron chi connectivity index (χ3n) is 11.1. The molecule has 0 bridgehead atoms. The summed E-state index contributed by atoms with van der Waals surface area (Å²) >= 11 is 0. The third-order valence-corrected chi connectivity index (χ3v) is 11.1. The van der Waals surface area contributed by atoms with Crippen molar-refractivity contribution in [2.24, 2.45) is 0 Å². The van der Waals surface area contributed by atoms with Crippen molar-refractivity contribution in [3.8, 4) is 22.3 Å². The van der Waals surface area contributed by atoms with Crippen LogP contribution in [0.5, 0.6) is 0 Å². The Morgan fingerprint density at radius 2 is 0.597 bits per heavy atom. The smallest absolute Gasteiger partial charge is 0.169 e. The van der Waals surface area contributed by atoms with E-state index in [-0.39, 0.29) is 20.3 Å². The molecule has 8 aromatic rings. The number of fused-ring (bicyclic) bond motifs is 3. The molecular formula is C56H50F6. The maximum Gasteiger partial charge on any atom is 0.411 e. The van der Waals surface area contributed by atoms with Crippen LogP contribution in [0, 0.1) is 13.8 Å². The predicted octanol–water partition coefficient (Wildman–Crippen LogP) is 16.4. The average Bonchev–Trinajstić information content (AvgIpc) is 3.56. The minimum absolute atomic E-state index is 0. The summed E-state index contributed by atoms with van der Waals surface area (Å²) in [5, 5.41) is 0. The van der Waals surface area contributed by atoms with Crippen molar-refractivity contribution in [1.29, 1.82) is 0 Å². The third kappa shape index (κ3) is 8.73. The molecule has 0 saturated carbocycles. The van der Waals surface area contributed by atoms with E-state index in [9.17, 15) is 26.3 Å². The summed E-state index contributed by atoms with van der Waals surface area (Å²) in [5.74, 6) is 0. The van der Waals surface area contributed by atoms with Gasteiger partial charge in [-0.25, -0.2) is 0 Å². The highest BCUT2D eigenvalue weighted by molar-refractivity contribution is 5.86. The largest absolute Gasteiger partial charge is 0.411 e. The molecule has 9 rings (SSSR count). The van der Waals surface area contributed by atoms with Crippen molar-refractivity contribution in [3.05, 3.63) is 263 Å². The van der Waals surface area contributed by atoms with Crippen LogP contribution in [0.25, 0.3) is 22.3 Å². The Morgan fingerprint density at radius 1 is 0.323 bits per heavy atom. The molecule has 0 aromatic heterocycles. The van der Waals surface area contributed by atoms with Crippen molar-refractivity contribution in [2.75, 3.05) is 0 Å². The van der Waals surface area contributed by atoms with Crippen LogP contribution in [0.15, 0.2) is 218 Å². The number of rotatable bonds is 5. The molecule has 0 aliphatic heterocycles. The number of hydrogen-bond donors (Lipinski definition) is 0. The van der Waals surface area contributed by atoms with Gasteiger partial charge in [-0.15, -0.1) is 0 Å². The zero-order chi connectivity index (χ0) is 42.4. The van der Waals surface area contributed by atoms with Gasteiger partial charge in [-0.05, 0) is 69.5 Å². The summed E-state index contributed by atoms with van der Waals surface area (Å²) in [7, 11) is 0. The molecule has 0 spiro atoms. The number of benzene rings is 8. The fourth-order valence-corrected chi connectivity index (χ4v) is 8.25. The van der Waals surface area contributed by atoms with E-state index >= 15 is 0 Å². The van der Waals surface area contributed by atoms with Crippen LogP contribution in [0.1, 0.15) is 59.4 Å². The van der Waals surface area contributed by atoms with Gasteiger partial charge in [0.25, 0.3) is 0 Å². The number of alkyl halides is 6. The molecule has 0 saturated heterocycles. The Kier molecular flexibility index (Phi) is 14.5. The molecule has 1 aliphatic carbocycles. The molecule has 0 heterocycles. The summed E-state index contributed by atoms with van der Waals surface area (Å²) in [6.07, 6.45) is -11.0. The number of hydrogen-bond acceptors (Lipinski definition) is 0. The first-order valence-electron chi connectivity index (χ1n) is 19.6. The summed E-state index contributed by atoms with van der Waals surface area (Å²) in [5.41, 5.74) is 7.21. The summed E-state index contributed by atoms with van der Waals surface area (Å²) in [4.78, 5) is 0. The Morgan fingerprint density at radius 3 is 0.903 bits per heavy atom. The van der Waals surface area contributed by atoms with E-state index in [1.807, 2.05) is 12.1 Å². The number of aryl methyl sites for hydroxylation is 2. The molecule has 0 unspecified atom stereocenters. The van der Waals surface area contributed by atoms with E-state index in [4.69, 9.17) is 0 Å². The van der Waals surface area contributed by atoms with Crippen LogP contribution >= 0.6 is 0 Å². The van der Waals surface area contributed by atoms with E-state index in [1.165, 1.54) is 67.8 Å². The zero-order valence-corrected chi connectivity index (χ0v) is 33.1. The van der Waals surface area contributed by atoms with Gasteiger partial charge in [0.05, 0.1) is 5.41 Å². The summed E-state index contributed by atoms with van der Waals surface area (Å²) < 4.78 is 81.1. The minimum atomic E-state index is -5.52. The van der Waals surface area contributed by atoms with Crippen LogP contribution in [0.2, 0.25) is 0 Å². The van der Waals surface area contributed by atoms with E-state index in [0.717, 1.165) is 48.5 Å². The molecule has 0 atom stereocenters. The van der Waals surface area contributed by atoms with Crippen molar-refractivity contribution < 1.29 is 26.3 Å². The molecule has 0 N–H and O–H groups in total. The van der Waals surface area contributed by atoms with Crippen LogP contribution in [0.3, 0.4) is 0 Å². The first-order valence-corrected chi connectivity index (χ1v) is 19.6. The standard InChI is InChI=1S/C27H22.C15H10F6.C12H10.2CH4/c1-19-11-15-21(16-12-19)27(22-17-13-20(2)14-18-22)25-9-5-3-7-23(25)24-8-4-6-10-26(24)27;16-14(17,18)13(15(19,20)21,11-7-3-1-4-8-11)12-9-5-2-6-10-12;1-3-7-11(8-4-1)12-9-5-2-6-10-12;;/h3-18H,1-2H3;1-10H;1-10H;2*1H4. The summed E-state index contributed by atoms with van der Waals surface area (Å²) in [6.45, 7) is 4.30. The van der Waals surface area contributed by atoms with E-state index in [0.29, 0.717) is 0 Å². The van der Waals surface area contributed by atoms with E-state index < -0.39 is 28.9 Å². The molecule has 0 nitrogen and oxygen atoms in total. The van der Waals surface area contributed by atoms with Crippen molar-refractivity contribution in [2.45, 2.75) is 51.9 Å². The Bertz CT molecular complexity index is 2410. The second-order valence-corrected chi connectivity index (χ2v) is 14.8. The highest BCUT2D eigenvalue weighted by Gasteiger charge is 2.72. The van der Waals surface area contributed by atoms with Gasteiger partial charge in [-0.3, -0.25) is 0 Å². The monoisotopic (exact) mass is 836 g/mol. The molecule has 0 amide bonds. The van der Waals surface area contributed by atoms with Crippen molar-refractivity contribution in [3.63, 3.8) is 0 Å². The average molecular weight is 837 g/mol. The lowest BCUT2D eigenvalue weighted by Crippen LogP contribution is -2.54. The van der Waals surface area contributed by atoms with Gasteiger partial charge >= 0.3 is 12.4 Å². The fraction of sp³-hybridized carbons (Fsp3) is 0.143. The normalized spacial score (nSPS) is 12.4. The fourth-order valence-electron chi connectivity index (χ4n) is 8.25. The highest BCUT2D eigenvalue weighted by Crippen LogP contribution is 2.57. The second kappa shape index (κ2) is 19.4. The maximum atomic E-state index is 13.5. The zero-order valence-electron chi connectivity index (χ0n) is 33.1. The van der Waals surface area contributed by atoms with Gasteiger partial charge in [-0.1, -0.05) is 244 Å². The van der Waals surface area contributed by atoms with Crippen molar-refractivity contribution in [1.82, 2.24) is 0 Å². The van der Waals surface area contributed by atoms with Crippen LogP contribution in [-0.2, 0) is 10.8 Å². The molecular weight excluding hydrogens is 787 g/mol. The lowest BCUT2D eigenvalue weighted by atomic mass is 9.67. The first kappa shape index (κ1) is 46.4. The molecule has 1 aliphatic rings. The maximum absolute atomic E-state index is 13.5. The second-order valence-electron chi connectivity index (χ2n) is 14.8. The van der Waals surface area contributed by atoms with E-state index in [2.05, 4.69) is 159 Å². The van der Waals surface area contributed by atoms with Gasteiger partial charge in [0.15, 0.2) is 0 Å². The first-order chi connectivity index (χ1) is 28.9. The Labute approximate surface area is 362 Å². The summed E-state index contributed by atoms with van der Waals surface area (Å²) in [6, 6.07) is 67.4. The van der Waals surface area contributed by atoms with Gasteiger partial charge in [0.1, 0.15) is 0 Å². The molecule has 0 fully saturated rings. The van der Waals surface area contributed by atoms with Crippen LogP contribution in [-0.4, -0.2) is 12.4 Å².